The van der Waals surface area contributed by atoms with Gasteiger partial charge in [0, 0.05) is 5.69 Å². The molecule has 1 heterocycles. The largest absolute Gasteiger partial charge is 0.593 e. The number of rotatable bonds is 7. The lowest BCUT2D eigenvalue weighted by atomic mass is 10.1. The SMILES string of the molecule is COc1ccc(CN(c2ccc(C#N)cc2)c2nc(C(=O)N[S+](C)[O-])c(Br)s2)cc1. The quantitative estimate of drug-likeness (QED) is 0.485. The second-order valence-corrected chi connectivity index (χ2v) is 9.50. The second-order valence-electron chi connectivity index (χ2n) is 6.10. The molecule has 1 amide bonds. The van der Waals surface area contributed by atoms with Crippen molar-refractivity contribution < 1.29 is 14.1 Å². The number of hydrogen-bond donors (Lipinski definition) is 1. The van der Waals surface area contributed by atoms with Crippen LogP contribution in [0.1, 0.15) is 21.6 Å². The van der Waals surface area contributed by atoms with Gasteiger partial charge in [-0.2, -0.15) is 9.98 Å². The van der Waals surface area contributed by atoms with Gasteiger partial charge in [-0.05, 0) is 57.9 Å². The maximum atomic E-state index is 12.3. The molecule has 0 radical (unpaired) electrons. The van der Waals surface area contributed by atoms with E-state index in [-0.39, 0.29) is 5.69 Å². The van der Waals surface area contributed by atoms with Crippen LogP contribution < -0.4 is 14.4 Å². The summed E-state index contributed by atoms with van der Waals surface area (Å²) in [5.41, 5.74) is 2.54. The highest BCUT2D eigenvalue weighted by molar-refractivity contribution is 9.11. The van der Waals surface area contributed by atoms with Crippen molar-refractivity contribution in [2.24, 2.45) is 0 Å². The summed E-state index contributed by atoms with van der Waals surface area (Å²) in [7, 11) is 1.61. The zero-order chi connectivity index (χ0) is 21.7. The van der Waals surface area contributed by atoms with Gasteiger partial charge in [0.25, 0.3) is 0 Å². The minimum Gasteiger partial charge on any atom is -0.593 e. The van der Waals surface area contributed by atoms with Crippen molar-refractivity contribution in [1.82, 2.24) is 9.71 Å². The zero-order valence-corrected chi connectivity index (χ0v) is 19.3. The molecule has 0 saturated carbocycles. The standard InChI is InChI=1S/C20H17BrN4O3S2/c1-28-16-9-5-14(6-10-16)12-25(15-7-3-13(11-22)4-8-15)20-23-17(18(21)29-20)19(26)24-30(2)27/h3-10H,12H2,1-2H3,(H,24,26). The van der Waals surface area contributed by atoms with E-state index in [1.54, 1.807) is 19.2 Å². The summed E-state index contributed by atoms with van der Waals surface area (Å²) < 4.78 is 19.4. The fourth-order valence-electron chi connectivity index (χ4n) is 2.62. The molecular weight excluding hydrogens is 488 g/mol. The maximum absolute atomic E-state index is 12.3. The Balaban J connectivity index is 1.98. The molecule has 0 bridgehead atoms. The van der Waals surface area contributed by atoms with Crippen LogP contribution in [0.5, 0.6) is 5.75 Å². The predicted molar refractivity (Wildman–Crippen MR) is 121 cm³/mol. The van der Waals surface area contributed by atoms with Crippen molar-refractivity contribution in [2.45, 2.75) is 6.54 Å². The van der Waals surface area contributed by atoms with Crippen molar-refractivity contribution >= 4 is 55.4 Å². The van der Waals surface area contributed by atoms with Crippen molar-refractivity contribution in [2.75, 3.05) is 18.3 Å². The first kappa shape index (κ1) is 22.1. The molecule has 7 nitrogen and oxygen atoms in total. The molecule has 1 N–H and O–H groups in total. The molecule has 2 aromatic carbocycles. The van der Waals surface area contributed by atoms with E-state index >= 15 is 0 Å². The van der Waals surface area contributed by atoms with E-state index in [4.69, 9.17) is 10.00 Å². The molecule has 0 saturated heterocycles. The third-order valence-electron chi connectivity index (χ3n) is 4.06. The topological polar surface area (TPSA) is 101 Å². The molecule has 1 unspecified atom stereocenters. The highest BCUT2D eigenvalue weighted by Crippen LogP contribution is 2.36. The number of carbonyl (C=O) groups excluding carboxylic acids is 1. The highest BCUT2D eigenvalue weighted by Gasteiger charge is 2.23. The third kappa shape index (κ3) is 5.31. The molecule has 154 valence electrons. The third-order valence-corrected chi connectivity index (χ3v) is 6.27. The van der Waals surface area contributed by atoms with Crippen LogP contribution in [0.2, 0.25) is 0 Å². The lowest BCUT2D eigenvalue weighted by molar-refractivity contribution is 0.0976. The first-order valence-corrected chi connectivity index (χ1v) is 11.8. The second kappa shape index (κ2) is 9.95. The molecular formula is C20H17BrN4O3S2. The summed E-state index contributed by atoms with van der Waals surface area (Å²) in [5, 5.41) is 9.66. The number of ether oxygens (including phenoxy) is 1. The van der Waals surface area contributed by atoms with Gasteiger partial charge < -0.3 is 14.2 Å². The smallest absolute Gasteiger partial charge is 0.312 e. The lowest BCUT2D eigenvalue weighted by Gasteiger charge is -2.22. The Labute approximate surface area is 189 Å². The molecule has 10 heteroatoms. The van der Waals surface area contributed by atoms with Gasteiger partial charge in [-0.25, -0.2) is 4.98 Å². The minimum atomic E-state index is -1.49. The van der Waals surface area contributed by atoms with E-state index in [1.165, 1.54) is 17.6 Å². The Hall–Kier alpha value is -2.58. The van der Waals surface area contributed by atoms with Crippen LogP contribution in [-0.2, 0) is 17.9 Å². The number of nitrogens with zero attached hydrogens (tertiary/aromatic N) is 3. The molecule has 3 aromatic rings. The predicted octanol–water partition coefficient (Wildman–Crippen LogP) is 4.15. The first-order valence-electron chi connectivity index (χ1n) is 8.62. The van der Waals surface area contributed by atoms with Gasteiger partial charge in [-0.15, -0.1) is 0 Å². The van der Waals surface area contributed by atoms with Crippen molar-refractivity contribution in [3.8, 4) is 11.8 Å². The Morgan fingerprint density at radius 3 is 2.53 bits per heavy atom. The maximum Gasteiger partial charge on any atom is 0.312 e. The molecule has 0 aliphatic rings. The minimum absolute atomic E-state index is 0.165. The van der Waals surface area contributed by atoms with Gasteiger partial charge in [0.1, 0.15) is 15.8 Å². The number of halogens is 1. The summed E-state index contributed by atoms with van der Waals surface area (Å²) in [5.74, 6) is 0.238. The fraction of sp³-hybridized carbons (Fsp3) is 0.150. The fourth-order valence-corrected chi connectivity index (χ4v) is 4.50. The van der Waals surface area contributed by atoms with Crippen LogP contribution in [-0.4, -0.2) is 28.8 Å². The Morgan fingerprint density at radius 1 is 1.30 bits per heavy atom. The van der Waals surface area contributed by atoms with E-state index in [1.807, 2.05) is 41.3 Å². The van der Waals surface area contributed by atoms with Crippen LogP contribution >= 0.6 is 27.3 Å². The number of anilines is 2. The number of hydrogen-bond acceptors (Lipinski definition) is 7. The number of nitrogens with one attached hydrogen (secondary N) is 1. The van der Waals surface area contributed by atoms with E-state index < -0.39 is 17.3 Å². The summed E-state index contributed by atoms with van der Waals surface area (Å²) >= 11 is 3.19. The number of methoxy groups -OCH3 is 1. The van der Waals surface area contributed by atoms with Gasteiger partial charge in [-0.1, -0.05) is 23.5 Å². The van der Waals surface area contributed by atoms with Crippen LogP contribution in [0.3, 0.4) is 0 Å². The monoisotopic (exact) mass is 504 g/mol. The number of amides is 1. The normalized spacial score (nSPS) is 11.4. The summed E-state index contributed by atoms with van der Waals surface area (Å²) in [6.07, 6.45) is 1.38. The number of thiazole rings is 1. The average Bonchev–Trinajstić information content (AvgIpc) is 3.13. The summed E-state index contributed by atoms with van der Waals surface area (Å²) in [6, 6.07) is 16.9. The molecule has 1 aromatic heterocycles. The number of aromatic nitrogens is 1. The molecule has 0 fully saturated rings. The number of carbonyl (C=O) groups is 1. The average molecular weight is 505 g/mol. The Bertz CT molecular complexity index is 1060. The first-order chi connectivity index (χ1) is 14.4. The highest BCUT2D eigenvalue weighted by atomic mass is 79.9. The van der Waals surface area contributed by atoms with E-state index in [0.29, 0.717) is 21.0 Å². The van der Waals surface area contributed by atoms with Crippen LogP contribution in [0.4, 0.5) is 10.8 Å². The van der Waals surface area contributed by atoms with Gasteiger partial charge in [0.15, 0.2) is 10.8 Å². The summed E-state index contributed by atoms with van der Waals surface area (Å²) in [4.78, 5) is 18.7. The van der Waals surface area contributed by atoms with Gasteiger partial charge in [-0.3, -0.25) is 4.79 Å². The van der Waals surface area contributed by atoms with Gasteiger partial charge in [0.2, 0.25) is 0 Å². The van der Waals surface area contributed by atoms with Gasteiger partial charge >= 0.3 is 5.91 Å². The van der Waals surface area contributed by atoms with Crippen LogP contribution in [0.15, 0.2) is 52.3 Å². The van der Waals surface area contributed by atoms with Crippen LogP contribution in [0, 0.1) is 11.3 Å². The Morgan fingerprint density at radius 2 is 1.97 bits per heavy atom. The zero-order valence-electron chi connectivity index (χ0n) is 16.1. The molecule has 1 atom stereocenters. The molecule has 0 aliphatic heterocycles. The summed E-state index contributed by atoms with van der Waals surface area (Å²) in [6.45, 7) is 0.483. The Kier molecular flexibility index (Phi) is 7.33. The van der Waals surface area contributed by atoms with E-state index in [2.05, 4.69) is 31.7 Å². The molecule has 0 aliphatic carbocycles. The van der Waals surface area contributed by atoms with Crippen molar-refractivity contribution in [1.29, 1.82) is 5.26 Å². The van der Waals surface area contributed by atoms with E-state index in [0.717, 1.165) is 17.0 Å². The van der Waals surface area contributed by atoms with Crippen LogP contribution in [0.25, 0.3) is 0 Å². The molecule has 0 spiro atoms. The number of benzene rings is 2. The van der Waals surface area contributed by atoms with Gasteiger partial charge in [0.05, 0.1) is 36.6 Å². The lowest BCUT2D eigenvalue weighted by Crippen LogP contribution is -2.30. The van der Waals surface area contributed by atoms with E-state index in [9.17, 15) is 9.35 Å². The molecule has 3 rings (SSSR count). The van der Waals surface area contributed by atoms with Crippen molar-refractivity contribution in [3.63, 3.8) is 0 Å². The molecule has 30 heavy (non-hydrogen) atoms. The number of nitriles is 1. The van der Waals surface area contributed by atoms with Crippen molar-refractivity contribution in [3.05, 3.63) is 69.1 Å².